The van der Waals surface area contributed by atoms with Crippen LogP contribution in [0.25, 0.3) is 0 Å². The lowest BCUT2D eigenvalue weighted by molar-refractivity contribution is 0.860. The van der Waals surface area contributed by atoms with E-state index in [1.807, 2.05) is 12.3 Å². The molecular weight excluding hydrogens is 122 g/mol. The van der Waals surface area contributed by atoms with E-state index < -0.39 is 0 Å². The highest BCUT2D eigenvalue weighted by atomic mass is 14.7. The Balaban J connectivity index is 2.70. The first kappa shape index (κ1) is 7.26. The summed E-state index contributed by atoms with van der Waals surface area (Å²) in [5, 5.41) is 0. The molecule has 0 atom stereocenters. The van der Waals surface area contributed by atoms with Crippen LogP contribution in [-0.4, -0.2) is 5.71 Å². The van der Waals surface area contributed by atoms with Crippen molar-refractivity contribution in [2.75, 3.05) is 0 Å². The summed E-state index contributed by atoms with van der Waals surface area (Å²) in [6, 6.07) is 0. The third kappa shape index (κ3) is 1.56. The summed E-state index contributed by atoms with van der Waals surface area (Å²) in [4.78, 5) is 4.25. The fourth-order valence-corrected chi connectivity index (χ4v) is 0.929. The number of hydrogen-bond donors (Lipinski definition) is 0. The monoisotopic (exact) mass is 135 g/mol. The van der Waals surface area contributed by atoms with Gasteiger partial charge in [0.15, 0.2) is 0 Å². The Morgan fingerprint density at radius 3 is 2.70 bits per heavy atom. The minimum atomic E-state index is 0.557. The summed E-state index contributed by atoms with van der Waals surface area (Å²) >= 11 is 0. The molecule has 1 heteroatoms. The Hall–Kier alpha value is -0.850. The summed E-state index contributed by atoms with van der Waals surface area (Å²) in [6.45, 7) is 8.20. The van der Waals surface area contributed by atoms with Crippen LogP contribution >= 0.6 is 0 Å². The van der Waals surface area contributed by atoms with Crippen LogP contribution in [0.15, 0.2) is 29.4 Å². The first-order valence-corrected chi connectivity index (χ1v) is 3.61. The maximum absolute atomic E-state index is 4.25. The van der Waals surface area contributed by atoms with E-state index in [1.54, 1.807) is 0 Å². The Morgan fingerprint density at radius 2 is 2.30 bits per heavy atom. The van der Waals surface area contributed by atoms with Crippen molar-refractivity contribution in [3.05, 3.63) is 24.4 Å². The fraction of sp³-hybridized carbons (Fsp3) is 0.444. The van der Waals surface area contributed by atoms with Gasteiger partial charge in [0.05, 0.1) is 0 Å². The minimum Gasteiger partial charge on any atom is -0.265 e. The predicted octanol–water partition coefficient (Wildman–Crippen LogP) is 2.56. The third-order valence-corrected chi connectivity index (χ3v) is 1.63. The molecule has 1 rings (SSSR count). The Kier molecular flexibility index (Phi) is 2.05. The molecule has 1 nitrogen and oxygen atoms in total. The van der Waals surface area contributed by atoms with Crippen molar-refractivity contribution < 1.29 is 0 Å². The zero-order valence-electron chi connectivity index (χ0n) is 6.59. The van der Waals surface area contributed by atoms with Crippen LogP contribution in [0.4, 0.5) is 0 Å². The van der Waals surface area contributed by atoms with Gasteiger partial charge in [0.1, 0.15) is 0 Å². The predicted molar refractivity (Wildman–Crippen MR) is 45.2 cm³/mol. The molecule has 10 heavy (non-hydrogen) atoms. The van der Waals surface area contributed by atoms with Gasteiger partial charge in [0, 0.05) is 18.3 Å². The zero-order valence-corrected chi connectivity index (χ0v) is 6.59. The fourth-order valence-electron chi connectivity index (χ4n) is 0.929. The highest BCUT2D eigenvalue weighted by Gasteiger charge is 2.07. The van der Waals surface area contributed by atoms with E-state index in [4.69, 9.17) is 0 Å². The van der Waals surface area contributed by atoms with E-state index >= 15 is 0 Å². The van der Waals surface area contributed by atoms with Gasteiger partial charge in [-0.1, -0.05) is 20.4 Å². The zero-order chi connectivity index (χ0) is 7.56. The Morgan fingerprint density at radius 1 is 1.60 bits per heavy atom. The SMILES string of the molecule is C=C1C=CN=C(C(C)C)C1. The number of hydrogen-bond acceptors (Lipinski definition) is 1. The van der Waals surface area contributed by atoms with Gasteiger partial charge < -0.3 is 0 Å². The molecule has 0 saturated carbocycles. The molecule has 0 aromatic heterocycles. The van der Waals surface area contributed by atoms with E-state index in [1.165, 1.54) is 11.3 Å². The Labute approximate surface area is 62.2 Å². The number of allylic oxidation sites excluding steroid dienone is 2. The molecule has 0 aromatic carbocycles. The van der Waals surface area contributed by atoms with E-state index in [2.05, 4.69) is 25.4 Å². The van der Waals surface area contributed by atoms with Crippen LogP contribution in [0.5, 0.6) is 0 Å². The van der Waals surface area contributed by atoms with Crippen LogP contribution < -0.4 is 0 Å². The molecule has 54 valence electrons. The van der Waals surface area contributed by atoms with Crippen LogP contribution in [0, 0.1) is 5.92 Å². The van der Waals surface area contributed by atoms with Crippen molar-refractivity contribution >= 4 is 5.71 Å². The van der Waals surface area contributed by atoms with Crippen molar-refractivity contribution in [2.24, 2.45) is 10.9 Å². The standard InChI is InChI=1S/C9H13N/c1-7(2)9-6-8(3)4-5-10-9/h4-5,7H,3,6H2,1-2H3. The normalized spacial score (nSPS) is 17.9. The summed E-state index contributed by atoms with van der Waals surface area (Å²) in [5.74, 6) is 0.557. The Bertz CT molecular complexity index is 197. The molecule has 0 fully saturated rings. The quantitative estimate of drug-likeness (QED) is 0.524. The van der Waals surface area contributed by atoms with Gasteiger partial charge in [-0.15, -0.1) is 0 Å². The summed E-state index contributed by atoms with van der Waals surface area (Å²) in [7, 11) is 0. The molecule has 0 aliphatic carbocycles. The van der Waals surface area contributed by atoms with Gasteiger partial charge in [-0.2, -0.15) is 0 Å². The maximum Gasteiger partial charge on any atom is 0.0270 e. The van der Waals surface area contributed by atoms with E-state index in [0.717, 1.165) is 6.42 Å². The third-order valence-electron chi connectivity index (χ3n) is 1.63. The summed E-state index contributed by atoms with van der Waals surface area (Å²) < 4.78 is 0. The second-order valence-electron chi connectivity index (χ2n) is 2.93. The molecule has 0 aromatic rings. The van der Waals surface area contributed by atoms with Crippen molar-refractivity contribution in [1.29, 1.82) is 0 Å². The first-order chi connectivity index (χ1) is 4.70. The molecular formula is C9H13N. The van der Waals surface area contributed by atoms with Crippen LogP contribution in [0.1, 0.15) is 20.3 Å². The molecule has 1 aliphatic heterocycles. The van der Waals surface area contributed by atoms with E-state index in [0.29, 0.717) is 5.92 Å². The van der Waals surface area contributed by atoms with Crippen LogP contribution in [0.2, 0.25) is 0 Å². The molecule has 0 unspecified atom stereocenters. The van der Waals surface area contributed by atoms with Gasteiger partial charge in [-0.25, -0.2) is 0 Å². The van der Waals surface area contributed by atoms with Gasteiger partial charge in [0.2, 0.25) is 0 Å². The van der Waals surface area contributed by atoms with Gasteiger partial charge in [-0.3, -0.25) is 4.99 Å². The van der Waals surface area contributed by atoms with Gasteiger partial charge in [0.25, 0.3) is 0 Å². The van der Waals surface area contributed by atoms with Gasteiger partial charge in [-0.05, 0) is 17.6 Å². The first-order valence-electron chi connectivity index (χ1n) is 3.61. The molecule has 0 spiro atoms. The summed E-state index contributed by atoms with van der Waals surface area (Å²) in [6.07, 6.45) is 4.75. The lowest BCUT2D eigenvalue weighted by atomic mass is 9.99. The molecule has 1 aliphatic rings. The maximum atomic E-state index is 4.25. The average molecular weight is 135 g/mol. The molecule has 0 N–H and O–H groups in total. The largest absolute Gasteiger partial charge is 0.265 e. The van der Waals surface area contributed by atoms with E-state index in [-0.39, 0.29) is 0 Å². The van der Waals surface area contributed by atoms with Crippen molar-refractivity contribution in [1.82, 2.24) is 0 Å². The van der Waals surface area contributed by atoms with Crippen molar-refractivity contribution in [3.8, 4) is 0 Å². The lowest BCUT2D eigenvalue weighted by Gasteiger charge is -2.11. The highest BCUT2D eigenvalue weighted by Crippen LogP contribution is 2.13. The number of aliphatic imine (C=N–C) groups is 1. The van der Waals surface area contributed by atoms with E-state index in [9.17, 15) is 0 Å². The molecule has 0 amide bonds. The van der Waals surface area contributed by atoms with Crippen molar-refractivity contribution in [3.63, 3.8) is 0 Å². The van der Waals surface area contributed by atoms with Crippen LogP contribution in [-0.2, 0) is 0 Å². The topological polar surface area (TPSA) is 12.4 Å². The highest BCUT2D eigenvalue weighted by molar-refractivity contribution is 5.90. The molecule has 0 saturated heterocycles. The second-order valence-corrected chi connectivity index (χ2v) is 2.93. The van der Waals surface area contributed by atoms with Crippen LogP contribution in [0.3, 0.4) is 0 Å². The summed E-state index contributed by atoms with van der Waals surface area (Å²) in [5.41, 5.74) is 2.41. The molecule has 0 radical (unpaired) electrons. The minimum absolute atomic E-state index is 0.557. The number of rotatable bonds is 1. The smallest absolute Gasteiger partial charge is 0.0270 e. The second kappa shape index (κ2) is 2.82. The molecule has 0 bridgehead atoms. The lowest BCUT2D eigenvalue weighted by Crippen LogP contribution is -2.09. The molecule has 1 heterocycles. The van der Waals surface area contributed by atoms with Gasteiger partial charge >= 0.3 is 0 Å². The van der Waals surface area contributed by atoms with Crippen molar-refractivity contribution in [2.45, 2.75) is 20.3 Å². The average Bonchev–Trinajstić information content (AvgIpc) is 1.88. The number of nitrogens with zero attached hydrogens (tertiary/aromatic N) is 1.